The Hall–Kier alpha value is -2.62. The summed E-state index contributed by atoms with van der Waals surface area (Å²) in [6, 6.07) is 13.4. The second-order valence-corrected chi connectivity index (χ2v) is 5.23. The molecule has 0 fully saturated rings. The first-order chi connectivity index (χ1) is 10.5. The van der Waals surface area contributed by atoms with Crippen LogP contribution in [-0.2, 0) is 11.2 Å². The lowest BCUT2D eigenvalue weighted by molar-refractivity contribution is -0.114. The van der Waals surface area contributed by atoms with Gasteiger partial charge in [-0.2, -0.15) is 0 Å². The molecule has 0 aliphatic rings. The maximum Gasteiger partial charge on any atom is 0.221 e. The molecule has 114 valence electrons. The lowest BCUT2D eigenvalue weighted by Crippen LogP contribution is -2.09. The van der Waals surface area contributed by atoms with Crippen molar-refractivity contribution in [2.75, 3.05) is 17.7 Å². The van der Waals surface area contributed by atoms with Crippen molar-refractivity contribution in [2.24, 2.45) is 0 Å². The number of hydrogen-bond acceptors (Lipinski definition) is 3. The molecule has 0 aliphatic heterocycles. The van der Waals surface area contributed by atoms with Crippen LogP contribution < -0.4 is 10.6 Å². The number of rotatable bonds is 5. The number of benzene rings is 2. The summed E-state index contributed by atoms with van der Waals surface area (Å²) in [6.45, 7) is 3.02. The van der Waals surface area contributed by atoms with E-state index in [1.807, 2.05) is 37.4 Å². The van der Waals surface area contributed by atoms with Crippen LogP contribution in [0, 0.1) is 0 Å². The second-order valence-electron chi connectivity index (χ2n) is 5.23. The summed E-state index contributed by atoms with van der Waals surface area (Å²) in [5.41, 5.74) is 4.49. The molecule has 22 heavy (non-hydrogen) atoms. The van der Waals surface area contributed by atoms with Crippen LogP contribution >= 0.6 is 0 Å². The van der Waals surface area contributed by atoms with Crippen LogP contribution in [0.2, 0.25) is 0 Å². The van der Waals surface area contributed by atoms with E-state index in [1.54, 1.807) is 19.1 Å². The van der Waals surface area contributed by atoms with Gasteiger partial charge in [-0.1, -0.05) is 12.1 Å². The second kappa shape index (κ2) is 6.89. The third-order valence-corrected chi connectivity index (χ3v) is 3.46. The van der Waals surface area contributed by atoms with E-state index in [9.17, 15) is 9.59 Å². The number of carbonyl (C=O) groups excluding carboxylic acids is 2. The number of carbonyl (C=O) groups is 2. The number of amides is 1. The molecule has 0 aliphatic carbocycles. The third-order valence-electron chi connectivity index (χ3n) is 3.46. The Morgan fingerprint density at radius 3 is 2.23 bits per heavy atom. The zero-order valence-electron chi connectivity index (χ0n) is 13.1. The molecule has 2 rings (SSSR count). The van der Waals surface area contributed by atoms with Crippen molar-refractivity contribution in [1.82, 2.24) is 0 Å². The summed E-state index contributed by atoms with van der Waals surface area (Å²) in [6.07, 6.45) is 0.653. The van der Waals surface area contributed by atoms with Gasteiger partial charge in [0.05, 0.1) is 0 Å². The molecule has 4 nitrogen and oxygen atoms in total. The molecule has 0 bridgehead atoms. The summed E-state index contributed by atoms with van der Waals surface area (Å²) in [7, 11) is 1.88. The molecule has 1 amide bonds. The van der Waals surface area contributed by atoms with Crippen molar-refractivity contribution < 1.29 is 9.59 Å². The highest BCUT2D eigenvalue weighted by Gasteiger charge is 2.09. The maximum atomic E-state index is 11.6. The lowest BCUT2D eigenvalue weighted by Gasteiger charge is -2.12. The van der Waals surface area contributed by atoms with E-state index in [0.29, 0.717) is 12.0 Å². The number of anilines is 2. The molecule has 4 heteroatoms. The van der Waals surface area contributed by atoms with Crippen molar-refractivity contribution >= 4 is 23.1 Å². The number of nitrogens with one attached hydrogen (secondary N) is 2. The van der Waals surface area contributed by atoms with Crippen molar-refractivity contribution in [1.29, 1.82) is 0 Å². The molecule has 2 N–H and O–H groups in total. The normalized spacial score (nSPS) is 10.1. The van der Waals surface area contributed by atoms with Gasteiger partial charge < -0.3 is 10.6 Å². The Morgan fingerprint density at radius 1 is 1.00 bits per heavy atom. The van der Waals surface area contributed by atoms with Crippen molar-refractivity contribution in [3.63, 3.8) is 0 Å². The molecule has 0 saturated heterocycles. The summed E-state index contributed by atoms with van der Waals surface area (Å²) in [4.78, 5) is 22.9. The summed E-state index contributed by atoms with van der Waals surface area (Å²) >= 11 is 0. The van der Waals surface area contributed by atoms with Crippen LogP contribution in [0.1, 0.15) is 35.3 Å². The van der Waals surface area contributed by atoms with Crippen LogP contribution in [-0.4, -0.2) is 18.7 Å². The number of ketones is 1. The Balaban J connectivity index is 2.34. The van der Waals surface area contributed by atoms with Gasteiger partial charge in [-0.05, 0) is 54.8 Å². The summed E-state index contributed by atoms with van der Waals surface area (Å²) in [5.74, 6) is -0.108. The van der Waals surface area contributed by atoms with Crippen molar-refractivity contribution in [3.8, 4) is 0 Å². The lowest BCUT2D eigenvalue weighted by atomic mass is 9.99. The minimum absolute atomic E-state index is 0.0150. The molecule has 0 atom stereocenters. The van der Waals surface area contributed by atoms with Gasteiger partial charge in [0.15, 0.2) is 5.78 Å². The van der Waals surface area contributed by atoms with E-state index in [4.69, 9.17) is 0 Å². The van der Waals surface area contributed by atoms with Crippen LogP contribution in [0.15, 0.2) is 42.5 Å². The largest absolute Gasteiger partial charge is 0.388 e. The fourth-order valence-electron chi connectivity index (χ4n) is 2.28. The van der Waals surface area contributed by atoms with Gasteiger partial charge in [0.25, 0.3) is 0 Å². The van der Waals surface area contributed by atoms with Gasteiger partial charge in [0.2, 0.25) is 5.91 Å². The predicted molar refractivity (Wildman–Crippen MR) is 89.5 cm³/mol. The molecule has 0 unspecified atom stereocenters. The van der Waals surface area contributed by atoms with Gasteiger partial charge in [-0.3, -0.25) is 9.59 Å². The molecule has 0 radical (unpaired) electrons. The third kappa shape index (κ3) is 3.95. The summed E-state index contributed by atoms with van der Waals surface area (Å²) in [5, 5.41) is 5.90. The average Bonchev–Trinajstić information content (AvgIpc) is 2.49. The zero-order valence-corrected chi connectivity index (χ0v) is 13.1. The Bertz CT molecular complexity index is 691. The van der Waals surface area contributed by atoms with Gasteiger partial charge in [0.1, 0.15) is 0 Å². The maximum absolute atomic E-state index is 11.6. The Morgan fingerprint density at radius 2 is 1.68 bits per heavy atom. The minimum atomic E-state index is -0.123. The highest BCUT2D eigenvalue weighted by molar-refractivity contribution is 5.96. The van der Waals surface area contributed by atoms with Crippen LogP contribution in [0.3, 0.4) is 0 Å². The van der Waals surface area contributed by atoms with E-state index in [-0.39, 0.29) is 11.7 Å². The molecular formula is C18H20N2O2. The minimum Gasteiger partial charge on any atom is -0.388 e. The topological polar surface area (TPSA) is 58.2 Å². The van der Waals surface area contributed by atoms with Gasteiger partial charge in [0, 0.05) is 30.9 Å². The highest BCUT2D eigenvalue weighted by atomic mass is 16.1. The Labute approximate surface area is 130 Å². The summed E-state index contributed by atoms with van der Waals surface area (Å²) < 4.78 is 0. The zero-order chi connectivity index (χ0) is 16.1. The van der Waals surface area contributed by atoms with Gasteiger partial charge in [-0.25, -0.2) is 0 Å². The average molecular weight is 296 g/mol. The standard InChI is InChI=1S/C18H20N2O2/c1-12(21)15-6-9-18(20-13(2)22)16(11-15)10-14-4-7-17(19-3)8-5-14/h4-9,11,19H,10H2,1-3H3,(H,20,22). The molecule has 0 spiro atoms. The van der Waals surface area contributed by atoms with Crippen LogP contribution in [0.5, 0.6) is 0 Å². The molecule has 2 aromatic rings. The smallest absolute Gasteiger partial charge is 0.221 e. The van der Waals surface area contributed by atoms with Crippen molar-refractivity contribution in [3.05, 3.63) is 59.2 Å². The number of hydrogen-bond donors (Lipinski definition) is 2. The first-order valence-electron chi connectivity index (χ1n) is 7.17. The molecule has 0 saturated carbocycles. The van der Waals surface area contributed by atoms with E-state index < -0.39 is 0 Å². The van der Waals surface area contributed by atoms with E-state index in [2.05, 4.69) is 10.6 Å². The van der Waals surface area contributed by atoms with E-state index >= 15 is 0 Å². The fourth-order valence-corrected chi connectivity index (χ4v) is 2.28. The number of Topliss-reactive ketones (excluding diaryl/α,β-unsaturated/α-hetero) is 1. The van der Waals surface area contributed by atoms with Gasteiger partial charge >= 0.3 is 0 Å². The van der Waals surface area contributed by atoms with Crippen molar-refractivity contribution in [2.45, 2.75) is 20.3 Å². The molecule has 2 aromatic carbocycles. The fraction of sp³-hybridized carbons (Fsp3) is 0.222. The monoisotopic (exact) mass is 296 g/mol. The van der Waals surface area contributed by atoms with Gasteiger partial charge in [-0.15, -0.1) is 0 Å². The predicted octanol–water partition coefficient (Wildman–Crippen LogP) is 3.48. The first kappa shape index (κ1) is 15.8. The Kier molecular flexibility index (Phi) is 4.94. The first-order valence-corrected chi connectivity index (χ1v) is 7.17. The van der Waals surface area contributed by atoms with Crippen LogP contribution in [0.4, 0.5) is 11.4 Å². The SMILES string of the molecule is CNc1ccc(Cc2cc(C(C)=O)ccc2NC(C)=O)cc1. The molecular weight excluding hydrogens is 276 g/mol. The quantitative estimate of drug-likeness (QED) is 0.830. The molecule has 0 heterocycles. The van der Waals surface area contributed by atoms with E-state index in [1.165, 1.54) is 6.92 Å². The highest BCUT2D eigenvalue weighted by Crippen LogP contribution is 2.22. The molecule has 0 aromatic heterocycles. The van der Waals surface area contributed by atoms with Crippen LogP contribution in [0.25, 0.3) is 0 Å². The van der Waals surface area contributed by atoms with E-state index in [0.717, 1.165) is 22.5 Å².